The Morgan fingerprint density at radius 3 is 2.19 bits per heavy atom. The molecule has 3 nitrogen and oxygen atoms in total. The molecule has 3 heteroatoms. The van der Waals surface area contributed by atoms with Gasteiger partial charge in [0.1, 0.15) is 0 Å². The number of Topliss-reactive ketones (excluding diaryl/α,β-unsaturated/α-hetero) is 1. The highest BCUT2D eigenvalue weighted by atomic mass is 16.1. The van der Waals surface area contributed by atoms with Crippen LogP contribution in [0, 0.1) is 6.92 Å². The van der Waals surface area contributed by atoms with E-state index < -0.39 is 0 Å². The molecule has 2 heterocycles. The Balaban J connectivity index is 2.24. The monoisotopic (exact) mass is 276 g/mol. The fourth-order valence-corrected chi connectivity index (χ4v) is 2.66. The maximum absolute atomic E-state index is 12.1. The number of H-pyrrole nitrogens is 1. The number of ketones is 1. The van der Waals surface area contributed by atoms with Crippen LogP contribution in [0.5, 0.6) is 0 Å². The number of nitrogens with zero attached hydrogens (tertiary/aromatic N) is 1. The molecule has 0 amide bonds. The van der Waals surface area contributed by atoms with Crippen LogP contribution in [0.25, 0.3) is 22.5 Å². The third-order valence-electron chi connectivity index (χ3n) is 3.63. The second kappa shape index (κ2) is 5.37. The summed E-state index contributed by atoms with van der Waals surface area (Å²) < 4.78 is 0. The molecule has 0 unspecified atom stereocenters. The Morgan fingerprint density at radius 1 is 0.952 bits per heavy atom. The van der Waals surface area contributed by atoms with Crippen LogP contribution in [-0.4, -0.2) is 15.8 Å². The van der Waals surface area contributed by atoms with E-state index in [1.54, 1.807) is 19.3 Å². The molecule has 0 saturated heterocycles. The van der Waals surface area contributed by atoms with Gasteiger partial charge in [-0.05, 0) is 37.1 Å². The standard InChI is InChI=1S/C18H16N2O/c1-12-16(13(2)21)18(14-6-4-3-5-7-14)20-17(12)15-8-10-19-11-9-15/h3-11,20H,1-2H3. The zero-order chi connectivity index (χ0) is 14.8. The van der Waals surface area contributed by atoms with Gasteiger partial charge in [-0.1, -0.05) is 30.3 Å². The number of rotatable bonds is 3. The first-order valence-electron chi connectivity index (χ1n) is 6.88. The van der Waals surface area contributed by atoms with Crippen LogP contribution in [0.3, 0.4) is 0 Å². The predicted molar refractivity (Wildman–Crippen MR) is 84.2 cm³/mol. The predicted octanol–water partition coefficient (Wildman–Crippen LogP) is 4.25. The van der Waals surface area contributed by atoms with Gasteiger partial charge in [0.15, 0.2) is 5.78 Å². The summed E-state index contributed by atoms with van der Waals surface area (Å²) in [5.74, 6) is 0.0721. The molecule has 0 aliphatic heterocycles. The molecular formula is C18H16N2O. The van der Waals surface area contributed by atoms with Crippen LogP contribution < -0.4 is 0 Å². The zero-order valence-corrected chi connectivity index (χ0v) is 12.1. The van der Waals surface area contributed by atoms with Gasteiger partial charge in [0.05, 0.1) is 5.69 Å². The van der Waals surface area contributed by atoms with Gasteiger partial charge in [0, 0.05) is 29.2 Å². The van der Waals surface area contributed by atoms with Crippen LogP contribution in [0.15, 0.2) is 54.9 Å². The van der Waals surface area contributed by atoms with Crippen LogP contribution in [0.4, 0.5) is 0 Å². The third kappa shape index (κ3) is 2.38. The first kappa shape index (κ1) is 13.3. The van der Waals surface area contributed by atoms with E-state index in [4.69, 9.17) is 0 Å². The van der Waals surface area contributed by atoms with Crippen LogP contribution >= 0.6 is 0 Å². The van der Waals surface area contributed by atoms with E-state index in [1.807, 2.05) is 49.4 Å². The van der Waals surface area contributed by atoms with Crippen LogP contribution in [0.2, 0.25) is 0 Å². The number of hydrogen-bond acceptors (Lipinski definition) is 2. The van der Waals surface area contributed by atoms with Gasteiger partial charge >= 0.3 is 0 Å². The highest BCUT2D eigenvalue weighted by Gasteiger charge is 2.19. The molecule has 0 radical (unpaired) electrons. The molecule has 104 valence electrons. The molecule has 0 fully saturated rings. The maximum Gasteiger partial charge on any atom is 0.162 e. The van der Waals surface area contributed by atoms with Crippen molar-refractivity contribution in [1.29, 1.82) is 0 Å². The Morgan fingerprint density at radius 2 is 1.57 bits per heavy atom. The summed E-state index contributed by atoms with van der Waals surface area (Å²) in [7, 11) is 0. The largest absolute Gasteiger partial charge is 0.354 e. The van der Waals surface area contributed by atoms with Gasteiger partial charge in [-0.15, -0.1) is 0 Å². The highest BCUT2D eigenvalue weighted by Crippen LogP contribution is 2.33. The number of carbonyl (C=O) groups excluding carboxylic acids is 1. The minimum Gasteiger partial charge on any atom is -0.354 e. The van der Waals surface area contributed by atoms with E-state index >= 15 is 0 Å². The molecule has 0 aliphatic rings. The number of aromatic amines is 1. The Labute approximate surface area is 123 Å². The van der Waals surface area contributed by atoms with Gasteiger partial charge in [0.2, 0.25) is 0 Å². The summed E-state index contributed by atoms with van der Waals surface area (Å²) in [5, 5.41) is 0. The molecule has 0 spiro atoms. The first-order valence-corrected chi connectivity index (χ1v) is 6.88. The van der Waals surface area contributed by atoms with Crippen molar-refractivity contribution in [1.82, 2.24) is 9.97 Å². The number of aromatic nitrogens is 2. The lowest BCUT2D eigenvalue weighted by molar-refractivity contribution is 0.101. The summed E-state index contributed by atoms with van der Waals surface area (Å²) >= 11 is 0. The van der Waals surface area contributed by atoms with Crippen molar-refractivity contribution in [2.45, 2.75) is 13.8 Å². The fourth-order valence-electron chi connectivity index (χ4n) is 2.66. The molecule has 0 atom stereocenters. The van der Waals surface area contributed by atoms with Gasteiger partial charge in [-0.2, -0.15) is 0 Å². The normalized spacial score (nSPS) is 10.6. The second-order valence-corrected chi connectivity index (χ2v) is 5.03. The number of hydrogen-bond donors (Lipinski definition) is 1. The molecule has 0 bridgehead atoms. The molecule has 1 aromatic carbocycles. The van der Waals surface area contributed by atoms with Crippen molar-refractivity contribution in [3.8, 4) is 22.5 Å². The molecule has 3 aromatic rings. The lowest BCUT2D eigenvalue weighted by Crippen LogP contribution is -1.95. The topological polar surface area (TPSA) is 45.8 Å². The number of carbonyl (C=O) groups is 1. The third-order valence-corrected chi connectivity index (χ3v) is 3.63. The Hall–Kier alpha value is -2.68. The molecule has 0 saturated carbocycles. The number of benzene rings is 1. The zero-order valence-electron chi connectivity index (χ0n) is 12.1. The van der Waals surface area contributed by atoms with Crippen molar-refractivity contribution < 1.29 is 4.79 Å². The van der Waals surface area contributed by atoms with Gasteiger partial charge in [-0.3, -0.25) is 9.78 Å². The van der Waals surface area contributed by atoms with Crippen LogP contribution in [0.1, 0.15) is 22.8 Å². The van der Waals surface area contributed by atoms with Crippen LogP contribution in [-0.2, 0) is 0 Å². The Bertz CT molecular complexity index is 774. The van der Waals surface area contributed by atoms with Crippen molar-refractivity contribution >= 4 is 5.78 Å². The average Bonchev–Trinajstić information content (AvgIpc) is 2.87. The van der Waals surface area contributed by atoms with E-state index in [0.29, 0.717) is 0 Å². The van der Waals surface area contributed by atoms with Gasteiger partial charge in [-0.25, -0.2) is 0 Å². The lowest BCUT2D eigenvalue weighted by atomic mass is 10.0. The van der Waals surface area contributed by atoms with Gasteiger partial charge in [0.25, 0.3) is 0 Å². The number of nitrogens with one attached hydrogen (secondary N) is 1. The first-order chi connectivity index (χ1) is 10.2. The van der Waals surface area contributed by atoms with E-state index in [9.17, 15) is 4.79 Å². The summed E-state index contributed by atoms with van der Waals surface area (Å²) in [5.41, 5.74) is 5.65. The summed E-state index contributed by atoms with van der Waals surface area (Å²) in [4.78, 5) is 19.5. The average molecular weight is 276 g/mol. The lowest BCUT2D eigenvalue weighted by Gasteiger charge is -2.01. The fraction of sp³-hybridized carbons (Fsp3) is 0.111. The molecule has 21 heavy (non-hydrogen) atoms. The van der Waals surface area contributed by atoms with E-state index in [1.165, 1.54) is 0 Å². The molecule has 0 aliphatic carbocycles. The molecule has 3 rings (SSSR count). The minimum absolute atomic E-state index is 0.0721. The minimum atomic E-state index is 0.0721. The maximum atomic E-state index is 12.1. The van der Waals surface area contributed by atoms with E-state index in [-0.39, 0.29) is 5.78 Å². The summed E-state index contributed by atoms with van der Waals surface area (Å²) in [6.07, 6.45) is 3.51. The molecular weight excluding hydrogens is 260 g/mol. The van der Waals surface area contributed by atoms with Crippen molar-refractivity contribution in [3.63, 3.8) is 0 Å². The smallest absolute Gasteiger partial charge is 0.162 e. The highest BCUT2D eigenvalue weighted by molar-refractivity contribution is 6.03. The quantitative estimate of drug-likeness (QED) is 0.727. The van der Waals surface area contributed by atoms with E-state index in [0.717, 1.165) is 33.6 Å². The SMILES string of the molecule is CC(=O)c1c(-c2ccccc2)[nH]c(-c2ccncc2)c1C. The second-order valence-electron chi connectivity index (χ2n) is 5.03. The summed E-state index contributed by atoms with van der Waals surface area (Å²) in [6, 6.07) is 13.8. The van der Waals surface area contributed by atoms with Gasteiger partial charge < -0.3 is 4.98 Å². The summed E-state index contributed by atoms with van der Waals surface area (Å²) in [6.45, 7) is 3.59. The van der Waals surface area contributed by atoms with Crippen molar-refractivity contribution in [3.05, 3.63) is 66.0 Å². The van der Waals surface area contributed by atoms with Crippen molar-refractivity contribution in [2.24, 2.45) is 0 Å². The van der Waals surface area contributed by atoms with Crippen molar-refractivity contribution in [2.75, 3.05) is 0 Å². The molecule has 1 N–H and O–H groups in total. The van der Waals surface area contributed by atoms with E-state index in [2.05, 4.69) is 9.97 Å². The Kier molecular flexibility index (Phi) is 3.40. The number of pyridine rings is 1. The molecule has 2 aromatic heterocycles.